The molecular formula is H36O26Si14. The quantitative estimate of drug-likeness (QED) is 0.0506. The molecule has 40 heteroatoms. The molecule has 248 valence electrons. The van der Waals surface area contributed by atoms with Crippen molar-refractivity contribution in [2.24, 2.45) is 0 Å². The maximum Gasteiger partial charge on any atom is 0.661 e. The molecule has 0 saturated carbocycles. The van der Waals surface area contributed by atoms with Crippen molar-refractivity contribution >= 4 is 136 Å². The van der Waals surface area contributed by atoms with Crippen LogP contribution in [0.25, 0.3) is 0 Å². The SMILES string of the molecule is O[SiH2]O[Si](O)(O)O.O[SiH2]O[Si](O)(O)O[SiH2]O.O[SiH2]O[Si](O)(O[SiH2]O)O[SiH2]O.O[SiH2]O[Si](O[SiH2]O)(O[SiH2]O)O[SiH2]O. The number of hydrogen-bond acceptors (Lipinski definition) is 26. The van der Waals surface area contributed by atoms with Crippen molar-refractivity contribution in [3.05, 3.63) is 0 Å². The molecule has 0 unspecified atom stereocenters. The van der Waals surface area contributed by atoms with Crippen LogP contribution in [0.1, 0.15) is 0 Å². The van der Waals surface area contributed by atoms with Crippen molar-refractivity contribution in [2.45, 2.75) is 0 Å². The lowest BCUT2D eigenvalue weighted by atomic mass is 15.6. The maximum atomic E-state index is 9.11. The summed E-state index contributed by atoms with van der Waals surface area (Å²) in [7, 11) is -34.3. The van der Waals surface area contributed by atoms with E-state index in [2.05, 4.69) is 24.7 Å². The Bertz CT molecular complexity index is 446. The Morgan fingerprint density at radius 1 is 0.300 bits per heavy atom. The van der Waals surface area contributed by atoms with Crippen LogP contribution in [0.15, 0.2) is 0 Å². The van der Waals surface area contributed by atoms with Crippen LogP contribution in [-0.4, -0.2) is 213 Å². The lowest BCUT2D eigenvalue weighted by Gasteiger charge is -2.25. The van der Waals surface area contributed by atoms with E-state index < -0.39 is 136 Å². The van der Waals surface area contributed by atoms with Crippen LogP contribution in [0.4, 0.5) is 0 Å². The van der Waals surface area contributed by atoms with Crippen LogP contribution < -0.4 is 0 Å². The zero-order valence-corrected chi connectivity index (χ0v) is 38.5. The molecule has 0 aromatic heterocycles. The molecule has 0 aliphatic rings. The standard InChI is InChI=1S/H12O8Si5.H10O7Si4.H8O6Si3.H6O5Si2/c1-9-5-13(6-10-2,7-11-3)8-12-4;1-8-5-11(4,6-9-2)7-10-3;1-7-5-9(3,4)6-8-2;1-6-5-7(2,3)4/h1-4H,9-12H2;1-4H,8-10H2;1-4H,7-8H2;1-4H,6H2. The van der Waals surface area contributed by atoms with Crippen molar-refractivity contribution in [3.63, 3.8) is 0 Å². The third-order valence-electron chi connectivity index (χ3n) is 2.47. The van der Waals surface area contributed by atoms with Gasteiger partial charge in [0.05, 0.1) is 0 Å². The van der Waals surface area contributed by atoms with Gasteiger partial charge in [-0.2, -0.15) is 0 Å². The van der Waals surface area contributed by atoms with Gasteiger partial charge in [-0.25, -0.2) is 0 Å². The van der Waals surface area contributed by atoms with Gasteiger partial charge in [-0.05, 0) is 0 Å². The lowest BCUT2D eigenvalue weighted by Crippen LogP contribution is -2.52. The summed E-state index contributed by atoms with van der Waals surface area (Å²) < 4.78 is 44.0. The molecule has 40 heavy (non-hydrogen) atoms. The fourth-order valence-corrected chi connectivity index (χ4v) is 18.6. The highest BCUT2D eigenvalue weighted by Gasteiger charge is 2.43. The van der Waals surface area contributed by atoms with Gasteiger partial charge >= 0.3 is 36.2 Å². The average Bonchev–Trinajstić information content (AvgIpc) is 2.80. The molecule has 0 aromatic carbocycles. The first-order chi connectivity index (χ1) is 18.6. The highest BCUT2D eigenvalue weighted by Crippen LogP contribution is 2.07. The summed E-state index contributed by atoms with van der Waals surface area (Å²) in [4.78, 5) is 133. The van der Waals surface area contributed by atoms with Gasteiger partial charge in [0.2, 0.25) is 0 Å². The van der Waals surface area contributed by atoms with Crippen LogP contribution in [0, 0.1) is 0 Å². The van der Waals surface area contributed by atoms with E-state index in [1.165, 1.54) is 0 Å². The summed E-state index contributed by atoms with van der Waals surface area (Å²) in [5.74, 6) is 0. The van der Waals surface area contributed by atoms with Gasteiger partial charge in [0.1, 0.15) is 0 Å². The molecule has 0 atom stereocenters. The van der Waals surface area contributed by atoms with Gasteiger partial charge in [-0.3, -0.25) is 0 Å². The fourth-order valence-electron chi connectivity index (χ4n) is 1.23. The van der Waals surface area contributed by atoms with E-state index in [-0.39, 0.29) is 0 Å². The van der Waals surface area contributed by atoms with Gasteiger partial charge < -0.3 is 118 Å². The van der Waals surface area contributed by atoms with E-state index in [1.54, 1.807) is 0 Å². The average molecular weight is 845 g/mol. The van der Waals surface area contributed by atoms with Gasteiger partial charge in [-0.1, -0.05) is 0 Å². The Labute approximate surface area is 253 Å². The molecule has 0 spiro atoms. The summed E-state index contributed by atoms with van der Waals surface area (Å²) in [6.45, 7) is 0. The van der Waals surface area contributed by atoms with E-state index in [0.717, 1.165) is 0 Å². The largest absolute Gasteiger partial charge is 0.661 e. The highest BCUT2D eigenvalue weighted by molar-refractivity contribution is 6.69. The van der Waals surface area contributed by atoms with Gasteiger partial charge in [0.25, 0.3) is 100 Å². The zero-order valence-electron chi connectivity index (χ0n) is 20.3. The first-order valence-corrected chi connectivity index (χ1v) is 28.3. The molecule has 0 rings (SSSR count). The summed E-state index contributed by atoms with van der Waals surface area (Å²) in [6.07, 6.45) is 0. The van der Waals surface area contributed by atoms with Crippen LogP contribution >= 0.6 is 0 Å². The Hall–Kier alpha value is 2.00. The highest BCUT2D eigenvalue weighted by atomic mass is 28.5. The predicted molar refractivity (Wildman–Crippen MR) is 155 cm³/mol. The zero-order chi connectivity index (χ0) is 32.1. The second-order valence-electron chi connectivity index (χ2n) is 4.88. The molecule has 0 radical (unpaired) electrons. The van der Waals surface area contributed by atoms with Crippen molar-refractivity contribution in [3.8, 4) is 0 Å². The second-order valence-corrected chi connectivity index (χ2v) is 23.3. The Morgan fingerprint density at radius 2 is 0.525 bits per heavy atom. The first-order valence-electron chi connectivity index (χ1n) is 9.43. The first kappa shape index (κ1) is 48.9. The molecular weight excluding hydrogens is 809 g/mol. The van der Waals surface area contributed by atoms with Crippen molar-refractivity contribution in [1.82, 2.24) is 0 Å². The van der Waals surface area contributed by atoms with Crippen molar-refractivity contribution in [1.29, 1.82) is 0 Å². The minimum atomic E-state index is -4.35. The normalized spacial score (nSPS) is 17.4. The Kier molecular flexibility index (Phi) is 37.9. The predicted octanol–water partition coefficient (Wildman–Crippen LogP) is -20.3. The van der Waals surface area contributed by atoms with Gasteiger partial charge in [0, 0.05) is 0 Å². The van der Waals surface area contributed by atoms with Crippen LogP contribution in [0.5, 0.6) is 0 Å². The molecule has 0 amide bonds. The van der Waals surface area contributed by atoms with Crippen LogP contribution in [0.3, 0.4) is 0 Å². The summed E-state index contributed by atoms with van der Waals surface area (Å²) in [5, 5.41) is 0. The van der Waals surface area contributed by atoms with E-state index in [4.69, 9.17) is 93.2 Å². The molecule has 26 nitrogen and oxygen atoms in total. The minimum absolute atomic E-state index is 1.83. The molecule has 0 fully saturated rings. The molecule has 0 saturated heterocycles. The molecule has 16 N–H and O–H groups in total. The van der Waals surface area contributed by atoms with Crippen LogP contribution in [-0.2, 0) is 41.2 Å². The van der Waals surface area contributed by atoms with Crippen molar-refractivity contribution in [2.75, 3.05) is 0 Å². The van der Waals surface area contributed by atoms with Gasteiger partial charge in [-0.15, -0.1) is 0 Å². The Morgan fingerprint density at radius 3 is 0.675 bits per heavy atom. The summed E-state index contributed by atoms with van der Waals surface area (Å²) in [6, 6.07) is 0. The van der Waals surface area contributed by atoms with Gasteiger partial charge in [0.15, 0.2) is 0 Å². The summed E-state index contributed by atoms with van der Waals surface area (Å²) >= 11 is 0. The molecule has 0 aliphatic heterocycles. The Balaban J connectivity index is -0.000000221. The third-order valence-corrected chi connectivity index (χ3v) is 22.2. The number of rotatable bonds is 20. The number of hydrogen-bond donors (Lipinski definition) is 16. The van der Waals surface area contributed by atoms with Crippen molar-refractivity contribution < 1.29 is 118 Å². The van der Waals surface area contributed by atoms with E-state index in [1.807, 2.05) is 0 Å². The summed E-state index contributed by atoms with van der Waals surface area (Å²) in [5.41, 5.74) is 0. The topological polar surface area (TPSA) is 416 Å². The molecule has 0 aromatic rings. The van der Waals surface area contributed by atoms with Crippen LogP contribution in [0.2, 0.25) is 0 Å². The monoisotopic (exact) mass is 844 g/mol. The lowest BCUT2D eigenvalue weighted by molar-refractivity contribution is 0.121. The molecule has 0 bridgehead atoms. The smallest absolute Gasteiger partial charge is 0.416 e. The molecule has 0 heterocycles. The maximum absolute atomic E-state index is 9.11. The van der Waals surface area contributed by atoms with E-state index in [9.17, 15) is 0 Å². The molecule has 0 aliphatic carbocycles. The van der Waals surface area contributed by atoms with E-state index in [0.29, 0.717) is 0 Å². The van der Waals surface area contributed by atoms with E-state index >= 15 is 0 Å². The second kappa shape index (κ2) is 31.0. The third kappa shape index (κ3) is 34.5. The minimum Gasteiger partial charge on any atom is -0.416 e. The fraction of sp³-hybridized carbons (Fsp3) is 0.